The molecule has 1 aliphatic rings. The molecule has 1 fully saturated rings. The molecule has 1 saturated carbocycles. The molecule has 1 aliphatic carbocycles. The smallest absolute Gasteiger partial charge is 0.312 e. The van der Waals surface area contributed by atoms with Gasteiger partial charge in [-0.2, -0.15) is 0 Å². The number of unbranched alkanes of at least 4 members (excludes halogenated alkanes) is 1. The SMILES string of the molecule is CCCCOC(=O)[C@@]1(C)C[C@H]1Br. The van der Waals surface area contributed by atoms with Gasteiger partial charge in [-0.15, -0.1) is 0 Å². The van der Waals surface area contributed by atoms with E-state index >= 15 is 0 Å². The molecule has 12 heavy (non-hydrogen) atoms. The Morgan fingerprint density at radius 1 is 1.75 bits per heavy atom. The highest BCUT2D eigenvalue weighted by Crippen LogP contribution is 2.51. The predicted molar refractivity (Wildman–Crippen MR) is 51.3 cm³/mol. The highest BCUT2D eigenvalue weighted by Gasteiger charge is 2.56. The third-order valence-electron chi connectivity index (χ3n) is 2.33. The first kappa shape index (κ1) is 10.0. The number of carbonyl (C=O) groups is 1. The van der Waals surface area contributed by atoms with Gasteiger partial charge in [0.1, 0.15) is 0 Å². The van der Waals surface area contributed by atoms with Crippen LogP contribution in [0.15, 0.2) is 0 Å². The van der Waals surface area contributed by atoms with Crippen LogP contribution in [0.5, 0.6) is 0 Å². The van der Waals surface area contributed by atoms with Gasteiger partial charge in [-0.05, 0) is 19.8 Å². The lowest BCUT2D eigenvalue weighted by Crippen LogP contribution is -2.18. The molecule has 0 heterocycles. The van der Waals surface area contributed by atoms with Crippen LogP contribution in [0.2, 0.25) is 0 Å². The second kappa shape index (κ2) is 3.77. The fraction of sp³-hybridized carbons (Fsp3) is 0.889. The second-order valence-corrected chi connectivity index (χ2v) is 4.68. The number of alkyl halides is 1. The molecule has 0 unspecified atom stereocenters. The van der Waals surface area contributed by atoms with Crippen molar-refractivity contribution in [2.45, 2.75) is 37.9 Å². The molecule has 0 spiro atoms. The van der Waals surface area contributed by atoms with Gasteiger partial charge in [0.05, 0.1) is 12.0 Å². The summed E-state index contributed by atoms with van der Waals surface area (Å²) in [6.07, 6.45) is 2.95. The lowest BCUT2D eigenvalue weighted by molar-refractivity contribution is -0.149. The maximum Gasteiger partial charge on any atom is 0.312 e. The molecule has 70 valence electrons. The lowest BCUT2D eigenvalue weighted by Gasteiger charge is -2.08. The summed E-state index contributed by atoms with van der Waals surface area (Å²) >= 11 is 3.41. The normalized spacial score (nSPS) is 33.1. The zero-order valence-electron chi connectivity index (χ0n) is 7.60. The molecule has 0 aromatic carbocycles. The average molecular weight is 235 g/mol. The fourth-order valence-corrected chi connectivity index (χ4v) is 1.86. The van der Waals surface area contributed by atoms with Gasteiger partial charge in [-0.3, -0.25) is 4.79 Å². The first-order valence-electron chi connectivity index (χ1n) is 4.42. The highest BCUT2D eigenvalue weighted by molar-refractivity contribution is 9.09. The van der Waals surface area contributed by atoms with E-state index in [-0.39, 0.29) is 11.4 Å². The molecule has 0 radical (unpaired) electrons. The number of esters is 1. The molecule has 3 heteroatoms. The van der Waals surface area contributed by atoms with Crippen LogP contribution in [0, 0.1) is 5.41 Å². The van der Waals surface area contributed by atoms with Crippen molar-refractivity contribution in [2.75, 3.05) is 6.61 Å². The van der Waals surface area contributed by atoms with Crippen molar-refractivity contribution in [3.63, 3.8) is 0 Å². The van der Waals surface area contributed by atoms with Crippen LogP contribution < -0.4 is 0 Å². The van der Waals surface area contributed by atoms with E-state index in [4.69, 9.17) is 4.74 Å². The van der Waals surface area contributed by atoms with E-state index in [2.05, 4.69) is 22.9 Å². The van der Waals surface area contributed by atoms with E-state index in [1.165, 1.54) is 0 Å². The maximum atomic E-state index is 11.4. The van der Waals surface area contributed by atoms with Gasteiger partial charge >= 0.3 is 5.97 Å². The summed E-state index contributed by atoms with van der Waals surface area (Å²) in [7, 11) is 0. The molecule has 0 bridgehead atoms. The zero-order valence-corrected chi connectivity index (χ0v) is 9.19. The lowest BCUT2D eigenvalue weighted by atomic mass is 10.1. The number of hydrogen-bond donors (Lipinski definition) is 0. The van der Waals surface area contributed by atoms with E-state index in [0.29, 0.717) is 11.4 Å². The minimum Gasteiger partial charge on any atom is -0.465 e. The molecule has 0 amide bonds. The first-order chi connectivity index (χ1) is 5.61. The van der Waals surface area contributed by atoms with Gasteiger partial charge in [0.25, 0.3) is 0 Å². The van der Waals surface area contributed by atoms with E-state index in [1.807, 2.05) is 6.92 Å². The van der Waals surface area contributed by atoms with Crippen molar-refractivity contribution in [1.82, 2.24) is 0 Å². The van der Waals surface area contributed by atoms with Gasteiger partial charge in [-0.1, -0.05) is 29.3 Å². The van der Waals surface area contributed by atoms with E-state index in [0.717, 1.165) is 19.3 Å². The van der Waals surface area contributed by atoms with E-state index in [1.54, 1.807) is 0 Å². The average Bonchev–Trinajstić information content (AvgIpc) is 2.62. The Hall–Kier alpha value is -0.0500. The zero-order chi connectivity index (χ0) is 9.19. The van der Waals surface area contributed by atoms with Crippen LogP contribution >= 0.6 is 15.9 Å². The Balaban J connectivity index is 2.21. The minimum absolute atomic E-state index is 0.0437. The summed E-state index contributed by atoms with van der Waals surface area (Å²) in [4.78, 5) is 11.7. The molecule has 0 aromatic rings. The van der Waals surface area contributed by atoms with Crippen LogP contribution in [0.25, 0.3) is 0 Å². The monoisotopic (exact) mass is 234 g/mol. The van der Waals surface area contributed by atoms with Crippen molar-refractivity contribution < 1.29 is 9.53 Å². The van der Waals surface area contributed by atoms with Crippen LogP contribution in [0.4, 0.5) is 0 Å². The minimum atomic E-state index is -0.228. The van der Waals surface area contributed by atoms with Crippen molar-refractivity contribution in [2.24, 2.45) is 5.41 Å². The Labute approximate surface area is 81.8 Å². The molecule has 0 N–H and O–H groups in total. The highest BCUT2D eigenvalue weighted by atomic mass is 79.9. The molecule has 0 aromatic heterocycles. The summed E-state index contributed by atoms with van der Waals surface area (Å²) in [6, 6.07) is 0. The summed E-state index contributed by atoms with van der Waals surface area (Å²) in [5, 5.41) is 0. The number of rotatable bonds is 4. The Kier molecular flexibility index (Phi) is 3.16. The fourth-order valence-electron chi connectivity index (χ4n) is 0.999. The summed E-state index contributed by atoms with van der Waals surface area (Å²) in [5.74, 6) is -0.0437. The second-order valence-electron chi connectivity index (χ2n) is 3.58. The topological polar surface area (TPSA) is 26.3 Å². The van der Waals surface area contributed by atoms with Gasteiger partial charge in [0, 0.05) is 4.83 Å². The van der Waals surface area contributed by atoms with E-state index in [9.17, 15) is 4.79 Å². The third kappa shape index (κ3) is 2.00. The molecule has 1 rings (SSSR count). The Morgan fingerprint density at radius 3 is 2.75 bits per heavy atom. The number of carbonyl (C=O) groups excluding carboxylic acids is 1. The van der Waals surface area contributed by atoms with Gasteiger partial charge in [0.15, 0.2) is 0 Å². The van der Waals surface area contributed by atoms with Crippen LogP contribution in [-0.2, 0) is 9.53 Å². The third-order valence-corrected chi connectivity index (χ3v) is 3.67. The molecular formula is C9H15BrO2. The molecular weight excluding hydrogens is 220 g/mol. The first-order valence-corrected chi connectivity index (χ1v) is 5.34. The Bertz CT molecular complexity index is 181. The van der Waals surface area contributed by atoms with Crippen molar-refractivity contribution in [3.05, 3.63) is 0 Å². The Morgan fingerprint density at radius 2 is 2.33 bits per heavy atom. The largest absolute Gasteiger partial charge is 0.465 e. The van der Waals surface area contributed by atoms with E-state index < -0.39 is 0 Å². The summed E-state index contributed by atoms with van der Waals surface area (Å²) in [5.41, 5.74) is -0.228. The van der Waals surface area contributed by atoms with Gasteiger partial charge in [0.2, 0.25) is 0 Å². The van der Waals surface area contributed by atoms with Crippen molar-refractivity contribution in [3.8, 4) is 0 Å². The van der Waals surface area contributed by atoms with Crippen LogP contribution in [-0.4, -0.2) is 17.4 Å². The van der Waals surface area contributed by atoms with Gasteiger partial charge < -0.3 is 4.74 Å². The molecule has 0 saturated heterocycles. The number of halogens is 1. The maximum absolute atomic E-state index is 11.4. The number of ether oxygens (including phenoxy) is 1. The molecule has 2 nitrogen and oxygen atoms in total. The summed E-state index contributed by atoms with van der Waals surface area (Å²) < 4.78 is 5.11. The molecule has 2 atom stereocenters. The summed E-state index contributed by atoms with van der Waals surface area (Å²) in [6.45, 7) is 4.60. The standard InChI is InChI=1S/C9H15BrO2/c1-3-4-5-12-8(11)9(2)6-7(9)10/h7H,3-6H2,1-2H3/t7-,9+/m1/s1. The van der Waals surface area contributed by atoms with Crippen LogP contribution in [0.1, 0.15) is 33.1 Å². The van der Waals surface area contributed by atoms with Crippen LogP contribution in [0.3, 0.4) is 0 Å². The quantitative estimate of drug-likeness (QED) is 0.425. The molecule has 0 aliphatic heterocycles. The van der Waals surface area contributed by atoms with Gasteiger partial charge in [-0.25, -0.2) is 0 Å². The van der Waals surface area contributed by atoms with Crippen molar-refractivity contribution >= 4 is 21.9 Å². The number of hydrogen-bond acceptors (Lipinski definition) is 2. The predicted octanol–water partition coefficient (Wildman–Crippen LogP) is 2.50. The van der Waals surface area contributed by atoms with Crippen molar-refractivity contribution in [1.29, 1.82) is 0 Å².